The molecule has 0 spiro atoms. The van der Waals surface area contributed by atoms with E-state index >= 15 is 0 Å². The highest BCUT2D eigenvalue weighted by molar-refractivity contribution is 6.09. The van der Waals surface area contributed by atoms with Gasteiger partial charge in [0, 0.05) is 13.6 Å². The Morgan fingerprint density at radius 3 is 2.37 bits per heavy atom. The van der Waals surface area contributed by atoms with Gasteiger partial charge in [-0.3, -0.25) is 14.5 Å². The van der Waals surface area contributed by atoms with Crippen LogP contribution in [0, 0.1) is 0 Å². The Hall–Kier alpha value is -3.49. The number of alkyl halides is 2. The summed E-state index contributed by atoms with van der Waals surface area (Å²) in [7, 11) is 1.59. The highest BCUT2D eigenvalue weighted by atomic mass is 19.3. The Morgan fingerprint density at radius 2 is 1.77 bits per heavy atom. The number of nitrogens with zero attached hydrogens (tertiary/aromatic N) is 2. The number of imide groups is 1. The molecule has 0 bridgehead atoms. The molecule has 1 unspecified atom stereocenters. The van der Waals surface area contributed by atoms with E-state index in [1.54, 1.807) is 7.05 Å². The molecule has 1 aliphatic heterocycles. The Morgan fingerprint density at radius 1 is 1.13 bits per heavy atom. The van der Waals surface area contributed by atoms with Gasteiger partial charge in [-0.1, -0.05) is 42.5 Å². The van der Waals surface area contributed by atoms with Crippen LogP contribution in [-0.2, 0) is 21.7 Å². The maximum absolute atomic E-state index is 12.9. The number of nitrogens with one attached hydrogen (secondary N) is 1. The Bertz CT molecular complexity index is 937. The fraction of sp³-hybridized carbons (Fsp3) is 0.286. The monoisotopic (exact) mass is 417 g/mol. The third-order valence-corrected chi connectivity index (χ3v) is 4.91. The molecule has 7 nitrogen and oxygen atoms in total. The molecule has 2 aromatic rings. The minimum atomic E-state index is -2.96. The molecule has 0 radical (unpaired) electrons. The molecule has 0 aliphatic carbocycles. The van der Waals surface area contributed by atoms with Crippen molar-refractivity contribution >= 4 is 17.8 Å². The number of carbonyl (C=O) groups excluding carboxylic acids is 3. The number of likely N-dealkylation sites (N-methyl/N-ethyl adjacent to an activating group) is 1. The lowest BCUT2D eigenvalue weighted by Gasteiger charge is -2.23. The first-order chi connectivity index (χ1) is 14.2. The number of hydrogen-bond donors (Lipinski definition) is 1. The van der Waals surface area contributed by atoms with Gasteiger partial charge in [-0.15, -0.1) is 0 Å². The predicted octanol–water partition coefficient (Wildman–Crippen LogP) is 2.71. The smallest absolute Gasteiger partial charge is 0.387 e. The number of urea groups is 1. The van der Waals surface area contributed by atoms with Crippen molar-refractivity contribution in [2.75, 3.05) is 13.6 Å². The first-order valence-electron chi connectivity index (χ1n) is 9.18. The minimum Gasteiger partial charge on any atom is -0.435 e. The van der Waals surface area contributed by atoms with Gasteiger partial charge in [-0.05, 0) is 30.2 Å². The third-order valence-electron chi connectivity index (χ3n) is 4.91. The summed E-state index contributed by atoms with van der Waals surface area (Å²) in [4.78, 5) is 40.2. The van der Waals surface area contributed by atoms with Crippen LogP contribution in [-0.4, -0.2) is 47.8 Å². The second-order valence-corrected chi connectivity index (χ2v) is 7.08. The molecule has 1 heterocycles. The summed E-state index contributed by atoms with van der Waals surface area (Å²) in [6.07, 6.45) is 0. The van der Waals surface area contributed by atoms with E-state index in [1.165, 1.54) is 36.1 Å². The van der Waals surface area contributed by atoms with E-state index < -0.39 is 36.5 Å². The zero-order chi connectivity index (χ0) is 21.9. The molecule has 1 atom stereocenters. The Balaban J connectivity index is 1.69. The molecule has 3 rings (SSSR count). The molecular formula is C21H21F2N3O4. The lowest BCUT2D eigenvalue weighted by Crippen LogP contribution is -2.43. The zero-order valence-corrected chi connectivity index (χ0v) is 16.5. The quantitative estimate of drug-likeness (QED) is 0.703. The second-order valence-electron chi connectivity index (χ2n) is 7.08. The van der Waals surface area contributed by atoms with E-state index in [0.717, 1.165) is 10.5 Å². The van der Waals surface area contributed by atoms with Crippen LogP contribution in [0.15, 0.2) is 54.6 Å². The highest BCUT2D eigenvalue weighted by Gasteiger charge is 2.49. The number of amides is 4. The van der Waals surface area contributed by atoms with Gasteiger partial charge in [0.05, 0.1) is 0 Å². The molecule has 4 amide bonds. The maximum Gasteiger partial charge on any atom is 0.387 e. The Kier molecular flexibility index (Phi) is 6.00. The summed E-state index contributed by atoms with van der Waals surface area (Å²) in [6.45, 7) is -1.54. The van der Waals surface area contributed by atoms with E-state index in [2.05, 4.69) is 10.1 Å². The van der Waals surface area contributed by atoms with E-state index in [1.807, 2.05) is 30.3 Å². The number of ether oxygens (including phenoxy) is 1. The average Bonchev–Trinajstić information content (AvgIpc) is 2.92. The largest absolute Gasteiger partial charge is 0.435 e. The molecule has 158 valence electrons. The SMILES string of the molecule is CN(Cc1ccccc1)C(=O)CN1C(=O)NC(C)(c2ccc(OC(F)F)cc2)C1=O. The molecule has 2 aromatic carbocycles. The minimum absolute atomic E-state index is 0.0660. The summed E-state index contributed by atoms with van der Waals surface area (Å²) in [5.74, 6) is -1.06. The van der Waals surface area contributed by atoms with E-state index in [-0.39, 0.29) is 5.75 Å². The van der Waals surface area contributed by atoms with Crippen molar-refractivity contribution in [1.29, 1.82) is 0 Å². The first kappa shape index (κ1) is 21.2. The van der Waals surface area contributed by atoms with Gasteiger partial charge in [0.25, 0.3) is 5.91 Å². The summed E-state index contributed by atoms with van der Waals surface area (Å²) in [5.41, 5.74) is -0.116. The fourth-order valence-electron chi connectivity index (χ4n) is 3.21. The summed E-state index contributed by atoms with van der Waals surface area (Å²) in [5, 5.41) is 2.58. The van der Waals surface area contributed by atoms with Crippen LogP contribution in [0.25, 0.3) is 0 Å². The van der Waals surface area contributed by atoms with Crippen LogP contribution >= 0.6 is 0 Å². The topological polar surface area (TPSA) is 79.0 Å². The van der Waals surface area contributed by atoms with Crippen LogP contribution in [0.2, 0.25) is 0 Å². The molecule has 1 aliphatic rings. The van der Waals surface area contributed by atoms with Gasteiger partial charge in [-0.25, -0.2) is 4.79 Å². The lowest BCUT2D eigenvalue weighted by molar-refractivity contribution is -0.138. The summed E-state index contributed by atoms with van der Waals surface area (Å²) in [6, 6.07) is 14.0. The van der Waals surface area contributed by atoms with Gasteiger partial charge < -0.3 is 15.0 Å². The predicted molar refractivity (Wildman–Crippen MR) is 104 cm³/mol. The molecular weight excluding hydrogens is 396 g/mol. The molecule has 1 fully saturated rings. The van der Waals surface area contributed by atoms with E-state index in [0.29, 0.717) is 12.1 Å². The fourth-order valence-corrected chi connectivity index (χ4v) is 3.21. The van der Waals surface area contributed by atoms with Crippen LogP contribution in [0.4, 0.5) is 13.6 Å². The van der Waals surface area contributed by atoms with Gasteiger partial charge in [0.1, 0.15) is 17.8 Å². The molecule has 30 heavy (non-hydrogen) atoms. The molecule has 0 saturated carbocycles. The van der Waals surface area contributed by atoms with Crippen molar-refractivity contribution in [2.24, 2.45) is 0 Å². The summed E-state index contributed by atoms with van der Waals surface area (Å²) >= 11 is 0. The molecule has 1 N–H and O–H groups in total. The van der Waals surface area contributed by atoms with Crippen LogP contribution in [0.3, 0.4) is 0 Å². The van der Waals surface area contributed by atoms with Crippen molar-refractivity contribution in [3.63, 3.8) is 0 Å². The number of carbonyl (C=O) groups is 3. The first-order valence-corrected chi connectivity index (χ1v) is 9.18. The van der Waals surface area contributed by atoms with Crippen molar-refractivity contribution in [3.8, 4) is 5.75 Å². The van der Waals surface area contributed by atoms with Crippen molar-refractivity contribution in [3.05, 3.63) is 65.7 Å². The van der Waals surface area contributed by atoms with Crippen LogP contribution in [0.5, 0.6) is 5.75 Å². The van der Waals surface area contributed by atoms with Crippen LogP contribution in [0.1, 0.15) is 18.1 Å². The second kappa shape index (κ2) is 8.48. The lowest BCUT2D eigenvalue weighted by atomic mass is 9.92. The maximum atomic E-state index is 12.9. The van der Waals surface area contributed by atoms with E-state index in [4.69, 9.17) is 0 Å². The van der Waals surface area contributed by atoms with Gasteiger partial charge in [0.15, 0.2) is 0 Å². The normalized spacial score (nSPS) is 18.5. The van der Waals surface area contributed by atoms with Crippen LogP contribution < -0.4 is 10.1 Å². The zero-order valence-electron chi connectivity index (χ0n) is 16.5. The number of hydrogen-bond acceptors (Lipinski definition) is 4. The van der Waals surface area contributed by atoms with E-state index in [9.17, 15) is 23.2 Å². The summed E-state index contributed by atoms with van der Waals surface area (Å²) < 4.78 is 28.9. The molecule has 1 saturated heterocycles. The standard InChI is InChI=1S/C21H21F2N3O4/c1-21(15-8-10-16(11-9-15)30-19(22)23)18(28)26(20(29)24-21)13-17(27)25(2)12-14-6-4-3-5-7-14/h3-11,19H,12-13H2,1-2H3,(H,24,29). The van der Waals surface area contributed by atoms with Gasteiger partial charge in [0.2, 0.25) is 5.91 Å². The molecule has 0 aromatic heterocycles. The highest BCUT2D eigenvalue weighted by Crippen LogP contribution is 2.30. The van der Waals surface area contributed by atoms with Crippen molar-refractivity contribution in [2.45, 2.75) is 25.6 Å². The number of benzene rings is 2. The van der Waals surface area contributed by atoms with Crippen molar-refractivity contribution < 1.29 is 27.9 Å². The van der Waals surface area contributed by atoms with Gasteiger partial charge >= 0.3 is 12.6 Å². The van der Waals surface area contributed by atoms with Crippen molar-refractivity contribution in [1.82, 2.24) is 15.1 Å². The van der Waals surface area contributed by atoms with Gasteiger partial charge in [-0.2, -0.15) is 8.78 Å². The Labute approximate surface area is 172 Å². The third kappa shape index (κ3) is 4.40. The molecule has 9 heteroatoms. The number of rotatable bonds is 7. The number of halogens is 2. The average molecular weight is 417 g/mol.